The van der Waals surface area contributed by atoms with E-state index in [9.17, 15) is 0 Å². The molecule has 0 aliphatic heterocycles. The van der Waals surface area contributed by atoms with Crippen molar-refractivity contribution in [3.63, 3.8) is 0 Å². The summed E-state index contributed by atoms with van der Waals surface area (Å²) in [6.07, 6.45) is 0. The summed E-state index contributed by atoms with van der Waals surface area (Å²) in [6.45, 7) is 4.35. The minimum Gasteiger partial charge on any atom is -0.309 e. The molecule has 0 saturated carbocycles. The topological polar surface area (TPSA) is 48.5 Å². The van der Waals surface area contributed by atoms with Gasteiger partial charge in [0.1, 0.15) is 0 Å². The number of hydrogen-bond donors (Lipinski definition) is 0. The summed E-state index contributed by atoms with van der Waals surface area (Å²) in [5, 5.41) is 4.78. The highest BCUT2D eigenvalue weighted by molar-refractivity contribution is 6.14. The lowest BCUT2D eigenvalue weighted by Gasteiger charge is -2.17. The van der Waals surface area contributed by atoms with E-state index in [0.717, 1.165) is 61.3 Å². The minimum absolute atomic E-state index is 0.596. The lowest BCUT2D eigenvalue weighted by Crippen LogP contribution is -2.04. The van der Waals surface area contributed by atoms with Gasteiger partial charge in [-0.15, -0.1) is 0 Å². The lowest BCUT2D eigenvalue weighted by molar-refractivity contribution is 1.06. The molecule has 0 amide bonds. The Hall–Kier alpha value is -8.41. The van der Waals surface area contributed by atoms with Crippen molar-refractivity contribution in [2.45, 2.75) is 13.8 Å². The number of aromatic nitrogens is 5. The van der Waals surface area contributed by atoms with Gasteiger partial charge in [-0.3, -0.25) is 0 Å². The van der Waals surface area contributed by atoms with E-state index < -0.39 is 0 Å². The van der Waals surface area contributed by atoms with E-state index in [2.05, 4.69) is 199 Å². The van der Waals surface area contributed by atoms with Crippen LogP contribution in [0.3, 0.4) is 0 Å². The highest BCUT2D eigenvalue weighted by Gasteiger charge is 2.23. The van der Waals surface area contributed by atoms with Crippen molar-refractivity contribution in [1.82, 2.24) is 24.1 Å². The highest BCUT2D eigenvalue weighted by Crippen LogP contribution is 2.43. The Morgan fingerprint density at radius 3 is 1.56 bits per heavy atom. The van der Waals surface area contributed by atoms with Gasteiger partial charge >= 0.3 is 0 Å². The Morgan fingerprint density at radius 1 is 0.328 bits per heavy atom. The van der Waals surface area contributed by atoms with Crippen LogP contribution in [0.15, 0.2) is 212 Å². The van der Waals surface area contributed by atoms with Crippen LogP contribution >= 0.6 is 0 Å². The molecule has 64 heavy (non-hydrogen) atoms. The second-order valence-electron chi connectivity index (χ2n) is 16.6. The fourth-order valence-electron chi connectivity index (χ4n) is 9.64. The lowest BCUT2D eigenvalue weighted by atomic mass is 9.97. The minimum atomic E-state index is 0.596. The molecule has 9 aromatic carbocycles. The first-order chi connectivity index (χ1) is 31.6. The van der Waals surface area contributed by atoms with Crippen LogP contribution in [-0.4, -0.2) is 24.1 Å². The summed E-state index contributed by atoms with van der Waals surface area (Å²) in [5.74, 6) is 1.83. The van der Waals surface area contributed by atoms with E-state index in [1.807, 2.05) is 36.4 Å². The van der Waals surface area contributed by atoms with Gasteiger partial charge in [-0.25, -0.2) is 15.0 Å². The van der Waals surface area contributed by atoms with Crippen molar-refractivity contribution in [2.75, 3.05) is 0 Å². The molecule has 0 N–H and O–H groups in total. The second-order valence-corrected chi connectivity index (χ2v) is 16.6. The van der Waals surface area contributed by atoms with E-state index in [4.69, 9.17) is 15.0 Å². The van der Waals surface area contributed by atoms with E-state index >= 15 is 0 Å². The molecule has 3 aromatic heterocycles. The van der Waals surface area contributed by atoms with Gasteiger partial charge in [-0.05, 0) is 84.6 Å². The van der Waals surface area contributed by atoms with Gasteiger partial charge in [0.25, 0.3) is 0 Å². The second kappa shape index (κ2) is 15.2. The van der Waals surface area contributed by atoms with Crippen LogP contribution in [0.5, 0.6) is 0 Å². The SMILES string of the molecule is Cc1ccc(-c2ccc3c(c2)c2ccccc2n3-c2ccc(-c3cccc4c5ccccc5n(-c5ccccc5)c34)cc2-c2nc(-c3ccccc3)nc(-c3ccccc3)n2)c(C)c1. The molecule has 0 bridgehead atoms. The average molecular weight is 820 g/mol. The van der Waals surface area contributed by atoms with Crippen LogP contribution in [0.25, 0.3) is 111 Å². The monoisotopic (exact) mass is 819 g/mol. The van der Waals surface area contributed by atoms with Crippen molar-refractivity contribution in [3.05, 3.63) is 223 Å². The maximum absolute atomic E-state index is 5.36. The molecule has 5 heteroatoms. The van der Waals surface area contributed by atoms with Gasteiger partial charge < -0.3 is 9.13 Å². The summed E-state index contributed by atoms with van der Waals surface area (Å²) in [5.41, 5.74) is 16.5. The third-order valence-corrected chi connectivity index (χ3v) is 12.6. The maximum Gasteiger partial charge on any atom is 0.166 e. The highest BCUT2D eigenvalue weighted by atomic mass is 15.1. The predicted octanol–water partition coefficient (Wildman–Crippen LogP) is 15.0. The van der Waals surface area contributed by atoms with Crippen LogP contribution < -0.4 is 0 Å². The van der Waals surface area contributed by atoms with Gasteiger partial charge in [-0.2, -0.15) is 0 Å². The summed E-state index contributed by atoms with van der Waals surface area (Å²) < 4.78 is 4.79. The van der Waals surface area contributed by atoms with Crippen LogP contribution in [0, 0.1) is 13.8 Å². The summed E-state index contributed by atoms with van der Waals surface area (Å²) >= 11 is 0. The Kier molecular flexibility index (Phi) is 8.87. The summed E-state index contributed by atoms with van der Waals surface area (Å²) in [6, 6.07) is 75.6. The van der Waals surface area contributed by atoms with E-state index in [0.29, 0.717) is 17.5 Å². The number of para-hydroxylation sites is 4. The first-order valence-electron chi connectivity index (χ1n) is 21.8. The number of nitrogens with zero attached hydrogens (tertiary/aromatic N) is 5. The van der Waals surface area contributed by atoms with Crippen LogP contribution in [0.4, 0.5) is 0 Å². The molecule has 0 radical (unpaired) electrons. The molecule has 12 aromatic rings. The predicted molar refractivity (Wildman–Crippen MR) is 265 cm³/mol. The standard InChI is InChI=1S/C59H41N5/c1-38-29-32-45(39(2)35-38)42-30-33-54-50(36-42)48-24-13-15-28-53(48)64(54)55-34-31-43(46-25-16-26-49-47-23-12-14-27-52(47)63(56(46)49)44-21-10-5-11-22-44)37-51(55)59-61-57(40-17-6-3-7-18-40)60-58(62-59)41-19-8-4-9-20-41/h3-37H,1-2H3. The van der Waals surface area contributed by atoms with Gasteiger partial charge in [-0.1, -0.05) is 169 Å². The van der Waals surface area contributed by atoms with Crippen molar-refractivity contribution < 1.29 is 0 Å². The van der Waals surface area contributed by atoms with E-state index in [1.54, 1.807) is 0 Å². The largest absolute Gasteiger partial charge is 0.309 e. The summed E-state index contributed by atoms with van der Waals surface area (Å²) in [7, 11) is 0. The number of hydrogen-bond acceptors (Lipinski definition) is 3. The van der Waals surface area contributed by atoms with Crippen molar-refractivity contribution >= 4 is 43.6 Å². The molecule has 0 aliphatic rings. The van der Waals surface area contributed by atoms with Gasteiger partial charge in [0.15, 0.2) is 17.5 Å². The molecular weight excluding hydrogens is 779 g/mol. The molecule has 0 fully saturated rings. The van der Waals surface area contributed by atoms with Crippen LogP contribution in [-0.2, 0) is 0 Å². The van der Waals surface area contributed by atoms with Crippen LogP contribution in [0.2, 0.25) is 0 Å². The average Bonchev–Trinajstić information content (AvgIpc) is 3.87. The molecular formula is C59H41N5. The number of benzene rings is 9. The Balaban J connectivity index is 1.17. The first kappa shape index (κ1) is 37.4. The van der Waals surface area contributed by atoms with Crippen LogP contribution in [0.1, 0.15) is 11.1 Å². The first-order valence-corrected chi connectivity index (χ1v) is 21.8. The maximum atomic E-state index is 5.36. The molecule has 0 atom stereocenters. The molecule has 0 aliphatic carbocycles. The van der Waals surface area contributed by atoms with Crippen molar-refractivity contribution in [1.29, 1.82) is 0 Å². The van der Waals surface area contributed by atoms with Gasteiger partial charge in [0, 0.05) is 49.5 Å². The quantitative estimate of drug-likeness (QED) is 0.161. The molecule has 302 valence electrons. The Bertz CT molecular complexity index is 3680. The molecule has 5 nitrogen and oxygen atoms in total. The van der Waals surface area contributed by atoms with Crippen molar-refractivity contribution in [3.8, 4) is 67.8 Å². The zero-order valence-electron chi connectivity index (χ0n) is 35.4. The number of fused-ring (bicyclic) bond motifs is 6. The third-order valence-electron chi connectivity index (χ3n) is 12.6. The van der Waals surface area contributed by atoms with E-state index in [-0.39, 0.29) is 0 Å². The molecule has 0 unspecified atom stereocenters. The van der Waals surface area contributed by atoms with Crippen molar-refractivity contribution in [2.24, 2.45) is 0 Å². The Labute approximate surface area is 371 Å². The normalized spacial score (nSPS) is 11.6. The third kappa shape index (κ3) is 6.20. The zero-order valence-corrected chi connectivity index (χ0v) is 35.4. The fourth-order valence-corrected chi connectivity index (χ4v) is 9.64. The van der Waals surface area contributed by atoms with Gasteiger partial charge in [0.05, 0.1) is 27.8 Å². The Morgan fingerprint density at radius 2 is 0.875 bits per heavy atom. The van der Waals surface area contributed by atoms with Gasteiger partial charge in [0.2, 0.25) is 0 Å². The molecule has 3 heterocycles. The molecule has 0 saturated heterocycles. The fraction of sp³-hybridized carbons (Fsp3) is 0.0339. The van der Waals surface area contributed by atoms with E-state index in [1.165, 1.54) is 43.8 Å². The summed E-state index contributed by atoms with van der Waals surface area (Å²) in [4.78, 5) is 15.8. The number of rotatable bonds is 7. The smallest absolute Gasteiger partial charge is 0.166 e. The molecule has 0 spiro atoms. The molecule has 12 rings (SSSR count). The zero-order chi connectivity index (χ0) is 42.7. The number of aryl methyl sites for hydroxylation is 2.